The summed E-state index contributed by atoms with van der Waals surface area (Å²) in [7, 11) is 0. The summed E-state index contributed by atoms with van der Waals surface area (Å²) in [6.45, 7) is 0. The molecule has 0 radical (unpaired) electrons. The topological polar surface area (TPSA) is 76.7 Å². The highest BCUT2D eigenvalue weighted by Gasteiger charge is 2.13. The normalized spacial score (nSPS) is 10.4. The largest absolute Gasteiger partial charge is 0.422 e. The first kappa shape index (κ1) is 16.1. The summed E-state index contributed by atoms with van der Waals surface area (Å²) in [5.41, 5.74) is 8.79. The van der Waals surface area contributed by atoms with Gasteiger partial charge in [-0.15, -0.1) is 0 Å². The van der Waals surface area contributed by atoms with Gasteiger partial charge >= 0.3 is 5.97 Å². The van der Waals surface area contributed by atoms with E-state index in [1.54, 1.807) is 42.5 Å². The molecule has 2 rings (SSSR count). The van der Waals surface area contributed by atoms with Crippen molar-refractivity contribution in [1.82, 2.24) is 5.43 Å². The fourth-order valence-electron chi connectivity index (χ4n) is 1.63. The summed E-state index contributed by atoms with van der Waals surface area (Å²) in [4.78, 5) is 12.2. The van der Waals surface area contributed by atoms with Gasteiger partial charge in [0, 0.05) is 10.0 Å². The minimum Gasteiger partial charge on any atom is -0.422 e. The van der Waals surface area contributed by atoms with E-state index in [4.69, 9.17) is 10.5 Å². The summed E-state index contributed by atoms with van der Waals surface area (Å²) < 4.78 is 6.09. The number of halogens is 1. The molecule has 3 N–H and O–H groups in total. The summed E-state index contributed by atoms with van der Waals surface area (Å²) in [5.74, 6) is -0.0765. The van der Waals surface area contributed by atoms with Crippen molar-refractivity contribution in [3.8, 4) is 5.75 Å². The number of carbonyl (C=O) groups is 1. The number of thiocarbonyl (C=S) groups is 1. The van der Waals surface area contributed by atoms with Crippen LogP contribution >= 0.6 is 28.1 Å². The Bertz CT molecular complexity index is 734. The number of nitrogens with two attached hydrogens (primary N) is 1. The zero-order valence-corrected chi connectivity index (χ0v) is 13.7. The van der Waals surface area contributed by atoms with Gasteiger partial charge < -0.3 is 10.5 Å². The Hall–Kier alpha value is -2.25. The van der Waals surface area contributed by atoms with Crippen molar-refractivity contribution in [3.05, 3.63) is 64.1 Å². The van der Waals surface area contributed by atoms with E-state index in [0.29, 0.717) is 21.3 Å². The number of nitrogens with one attached hydrogen (secondary N) is 1. The molecule has 0 heterocycles. The number of carbonyl (C=O) groups excluding carboxylic acids is 1. The Morgan fingerprint density at radius 2 is 1.91 bits per heavy atom. The van der Waals surface area contributed by atoms with E-state index in [0.717, 1.165) is 0 Å². The molecule has 0 atom stereocenters. The second kappa shape index (κ2) is 7.67. The monoisotopic (exact) mass is 377 g/mol. The minimum absolute atomic E-state index is 0.0546. The number of rotatable bonds is 4. The van der Waals surface area contributed by atoms with Crippen LogP contribution < -0.4 is 15.9 Å². The zero-order chi connectivity index (χ0) is 15.9. The van der Waals surface area contributed by atoms with Gasteiger partial charge in [-0.05, 0) is 52.4 Å². The van der Waals surface area contributed by atoms with Crippen molar-refractivity contribution < 1.29 is 9.53 Å². The summed E-state index contributed by atoms with van der Waals surface area (Å²) in [5, 5.41) is 3.91. The number of nitrogens with zero attached hydrogens (tertiary/aromatic N) is 1. The van der Waals surface area contributed by atoms with Crippen LogP contribution in [0.5, 0.6) is 5.75 Å². The third-order valence-corrected chi connectivity index (χ3v) is 3.38. The zero-order valence-electron chi connectivity index (χ0n) is 11.3. The van der Waals surface area contributed by atoms with E-state index in [1.165, 1.54) is 6.21 Å². The van der Waals surface area contributed by atoms with Crippen LogP contribution in [0, 0.1) is 0 Å². The number of ether oxygens (including phenoxy) is 1. The van der Waals surface area contributed by atoms with Crippen LogP contribution in [-0.2, 0) is 0 Å². The third-order valence-electron chi connectivity index (χ3n) is 2.59. The molecule has 0 amide bonds. The Labute approximate surface area is 141 Å². The van der Waals surface area contributed by atoms with Gasteiger partial charge in [-0.1, -0.05) is 24.3 Å². The Kier molecular flexibility index (Phi) is 5.62. The number of hydrogen-bond donors (Lipinski definition) is 2. The van der Waals surface area contributed by atoms with Gasteiger partial charge in [-0.2, -0.15) is 5.10 Å². The maximum atomic E-state index is 12.2. The van der Waals surface area contributed by atoms with Gasteiger partial charge in [0.2, 0.25) is 0 Å². The second-order valence-electron chi connectivity index (χ2n) is 4.14. The molecule has 7 heteroatoms. The Balaban J connectivity index is 2.19. The molecule has 22 heavy (non-hydrogen) atoms. The standard InChI is InChI=1S/C15H12BrN3O2S/c16-12-7-3-2-6-11(12)14(20)21-13-8-4-1-5-10(13)9-18-19-15(17)22/h1-9H,(H3,17,19,22)/b18-9+. The first-order chi connectivity index (χ1) is 10.6. The summed E-state index contributed by atoms with van der Waals surface area (Å²) in [6.07, 6.45) is 1.47. The molecule has 0 aliphatic carbocycles. The van der Waals surface area contributed by atoms with Crippen LogP contribution in [0.2, 0.25) is 0 Å². The SMILES string of the molecule is NC(=S)N/N=C/c1ccccc1OC(=O)c1ccccc1Br. The van der Waals surface area contributed by atoms with Crippen molar-refractivity contribution in [3.63, 3.8) is 0 Å². The molecule has 0 spiro atoms. The van der Waals surface area contributed by atoms with Gasteiger partial charge in [-0.3, -0.25) is 5.43 Å². The lowest BCUT2D eigenvalue weighted by molar-refractivity contribution is 0.0733. The molecule has 5 nitrogen and oxygen atoms in total. The Morgan fingerprint density at radius 3 is 2.64 bits per heavy atom. The van der Waals surface area contributed by atoms with Crippen LogP contribution in [0.1, 0.15) is 15.9 Å². The van der Waals surface area contributed by atoms with Crippen LogP contribution in [0.25, 0.3) is 0 Å². The average molecular weight is 378 g/mol. The summed E-state index contributed by atoms with van der Waals surface area (Å²) in [6, 6.07) is 14.0. The molecule has 2 aromatic carbocycles. The van der Waals surface area contributed by atoms with Crippen LogP contribution in [0.4, 0.5) is 0 Å². The van der Waals surface area contributed by atoms with Crippen LogP contribution in [0.15, 0.2) is 58.1 Å². The highest BCUT2D eigenvalue weighted by molar-refractivity contribution is 9.10. The fourth-order valence-corrected chi connectivity index (χ4v) is 2.13. The molecule has 0 saturated heterocycles. The van der Waals surface area contributed by atoms with E-state index in [-0.39, 0.29) is 5.11 Å². The lowest BCUT2D eigenvalue weighted by Gasteiger charge is -2.08. The first-order valence-electron chi connectivity index (χ1n) is 6.22. The molecule has 0 aliphatic heterocycles. The number of esters is 1. The average Bonchev–Trinajstić information content (AvgIpc) is 2.49. The first-order valence-corrected chi connectivity index (χ1v) is 7.42. The summed E-state index contributed by atoms with van der Waals surface area (Å²) >= 11 is 7.98. The molecule has 0 fully saturated rings. The molecule has 112 valence electrons. The van der Waals surface area contributed by atoms with E-state index >= 15 is 0 Å². The fraction of sp³-hybridized carbons (Fsp3) is 0. The lowest BCUT2D eigenvalue weighted by atomic mass is 10.2. The number of benzene rings is 2. The van der Waals surface area contributed by atoms with Crippen LogP contribution in [0.3, 0.4) is 0 Å². The van der Waals surface area contributed by atoms with E-state index < -0.39 is 5.97 Å². The third kappa shape index (κ3) is 4.37. The van der Waals surface area contributed by atoms with E-state index in [1.807, 2.05) is 6.07 Å². The highest BCUT2D eigenvalue weighted by Crippen LogP contribution is 2.21. The van der Waals surface area contributed by atoms with E-state index in [9.17, 15) is 4.79 Å². The molecule has 0 saturated carbocycles. The highest BCUT2D eigenvalue weighted by atomic mass is 79.9. The van der Waals surface area contributed by atoms with Crippen molar-refractivity contribution >= 4 is 45.4 Å². The van der Waals surface area contributed by atoms with Gasteiger partial charge in [0.15, 0.2) is 5.11 Å². The van der Waals surface area contributed by atoms with Crippen LogP contribution in [-0.4, -0.2) is 17.3 Å². The van der Waals surface area contributed by atoms with E-state index in [2.05, 4.69) is 38.7 Å². The molecule has 0 bridgehead atoms. The van der Waals surface area contributed by atoms with Crippen molar-refractivity contribution in [2.75, 3.05) is 0 Å². The van der Waals surface area contributed by atoms with Crippen molar-refractivity contribution in [2.45, 2.75) is 0 Å². The molecule has 0 unspecified atom stereocenters. The molecule has 2 aromatic rings. The predicted octanol–water partition coefficient (Wildman–Crippen LogP) is 2.84. The van der Waals surface area contributed by atoms with Crippen molar-refractivity contribution in [1.29, 1.82) is 0 Å². The van der Waals surface area contributed by atoms with Gasteiger partial charge in [0.25, 0.3) is 0 Å². The maximum Gasteiger partial charge on any atom is 0.344 e. The van der Waals surface area contributed by atoms with Gasteiger partial charge in [0.05, 0.1) is 11.8 Å². The molecular formula is C15H12BrN3O2S. The minimum atomic E-state index is -0.462. The second-order valence-corrected chi connectivity index (χ2v) is 5.44. The molecular weight excluding hydrogens is 366 g/mol. The van der Waals surface area contributed by atoms with Gasteiger partial charge in [-0.25, -0.2) is 4.79 Å². The lowest BCUT2D eigenvalue weighted by Crippen LogP contribution is -2.24. The number of para-hydroxylation sites is 1. The number of hydrogen-bond acceptors (Lipinski definition) is 4. The smallest absolute Gasteiger partial charge is 0.344 e. The molecule has 0 aromatic heterocycles. The quantitative estimate of drug-likeness (QED) is 0.281. The van der Waals surface area contributed by atoms with Crippen molar-refractivity contribution in [2.24, 2.45) is 10.8 Å². The maximum absolute atomic E-state index is 12.2. The predicted molar refractivity (Wildman–Crippen MR) is 93.1 cm³/mol. The molecule has 0 aliphatic rings. The van der Waals surface area contributed by atoms with Gasteiger partial charge in [0.1, 0.15) is 5.75 Å². The number of hydrazone groups is 1. The Morgan fingerprint density at radius 1 is 1.23 bits per heavy atom.